The van der Waals surface area contributed by atoms with Crippen molar-refractivity contribution in [2.24, 2.45) is 4.99 Å². The highest BCUT2D eigenvalue weighted by atomic mass is 32.2. The zero-order valence-electron chi connectivity index (χ0n) is 9.83. The lowest BCUT2D eigenvalue weighted by molar-refractivity contribution is 0.555. The van der Waals surface area contributed by atoms with Gasteiger partial charge in [-0.3, -0.25) is 0 Å². The van der Waals surface area contributed by atoms with E-state index in [1.165, 1.54) is 21.6 Å². The normalized spacial score (nSPS) is 16.7. The van der Waals surface area contributed by atoms with E-state index < -0.39 is 0 Å². The second kappa shape index (κ2) is 4.08. The van der Waals surface area contributed by atoms with Crippen molar-refractivity contribution in [1.82, 2.24) is 0 Å². The van der Waals surface area contributed by atoms with Crippen LogP contribution >= 0.6 is 11.8 Å². The number of hydrogen-bond acceptors (Lipinski definition) is 3. The van der Waals surface area contributed by atoms with E-state index in [1.807, 2.05) is 0 Å². The van der Waals surface area contributed by atoms with Crippen LogP contribution in [0.2, 0.25) is 0 Å². The average Bonchev–Trinajstić information content (AvgIpc) is 3.03. The fourth-order valence-electron chi connectivity index (χ4n) is 1.97. The molecule has 0 aliphatic heterocycles. The molecule has 1 fully saturated rings. The van der Waals surface area contributed by atoms with E-state index in [4.69, 9.17) is 0 Å². The molecule has 0 saturated heterocycles. The minimum absolute atomic E-state index is 0.251. The highest BCUT2D eigenvalue weighted by molar-refractivity contribution is 7.98. The van der Waals surface area contributed by atoms with Crippen LogP contribution in [0.3, 0.4) is 0 Å². The van der Waals surface area contributed by atoms with Crippen LogP contribution in [-0.2, 0) is 10.3 Å². The number of carbonyl (C=O) groups excluding carboxylic acids is 1. The summed E-state index contributed by atoms with van der Waals surface area (Å²) in [6.07, 6.45) is 5.72. The van der Waals surface area contributed by atoms with Crippen LogP contribution in [0, 0.1) is 13.8 Å². The van der Waals surface area contributed by atoms with E-state index in [-0.39, 0.29) is 5.54 Å². The molecule has 0 aromatic heterocycles. The highest BCUT2D eigenvalue weighted by Crippen LogP contribution is 2.52. The summed E-state index contributed by atoms with van der Waals surface area (Å²) in [5.74, 6) is 0. The van der Waals surface area contributed by atoms with E-state index >= 15 is 0 Å². The SMILES string of the molecule is CSc1cc(C)c(C)cc1C1(N=C=O)CC1. The standard InChI is InChI=1S/C13H15NOS/c1-9-6-11(12(16-3)7-10(9)2)13(4-5-13)14-8-15/h6-7H,4-5H2,1-3H3. The molecule has 16 heavy (non-hydrogen) atoms. The molecule has 2 nitrogen and oxygen atoms in total. The maximum absolute atomic E-state index is 10.5. The molecule has 0 heterocycles. The molecule has 84 valence electrons. The first-order valence-electron chi connectivity index (χ1n) is 5.38. The first kappa shape index (κ1) is 11.4. The van der Waals surface area contributed by atoms with Crippen LogP contribution in [0.5, 0.6) is 0 Å². The van der Waals surface area contributed by atoms with Crippen molar-refractivity contribution >= 4 is 17.8 Å². The van der Waals surface area contributed by atoms with E-state index in [2.05, 4.69) is 37.2 Å². The van der Waals surface area contributed by atoms with E-state index in [1.54, 1.807) is 17.8 Å². The Balaban J connectivity index is 2.55. The molecule has 0 unspecified atom stereocenters. The Morgan fingerprint density at radius 3 is 2.44 bits per heavy atom. The van der Waals surface area contributed by atoms with Crippen LogP contribution in [0.1, 0.15) is 29.5 Å². The number of rotatable bonds is 3. The molecule has 1 aliphatic carbocycles. The summed E-state index contributed by atoms with van der Waals surface area (Å²) >= 11 is 1.72. The lowest BCUT2D eigenvalue weighted by Gasteiger charge is -2.15. The Labute approximate surface area is 100 Å². The zero-order chi connectivity index (χ0) is 11.8. The van der Waals surface area contributed by atoms with Gasteiger partial charge in [0.15, 0.2) is 0 Å². The minimum atomic E-state index is -0.251. The van der Waals surface area contributed by atoms with Gasteiger partial charge in [-0.25, -0.2) is 4.79 Å². The Morgan fingerprint density at radius 2 is 1.94 bits per heavy atom. The molecule has 0 atom stereocenters. The molecule has 1 aromatic carbocycles. The summed E-state index contributed by atoms with van der Waals surface area (Å²) in [6.45, 7) is 4.21. The summed E-state index contributed by atoms with van der Waals surface area (Å²) in [5.41, 5.74) is 3.50. The van der Waals surface area contributed by atoms with Gasteiger partial charge in [-0.2, -0.15) is 4.99 Å². The summed E-state index contributed by atoms with van der Waals surface area (Å²) < 4.78 is 0. The molecule has 1 aliphatic rings. The maximum atomic E-state index is 10.5. The molecule has 3 heteroatoms. The Hall–Kier alpha value is -1.05. The van der Waals surface area contributed by atoms with E-state index in [9.17, 15) is 4.79 Å². The monoisotopic (exact) mass is 233 g/mol. The number of isocyanates is 1. The van der Waals surface area contributed by atoms with Crippen LogP contribution < -0.4 is 0 Å². The van der Waals surface area contributed by atoms with Crippen molar-refractivity contribution in [2.75, 3.05) is 6.26 Å². The first-order chi connectivity index (χ1) is 7.63. The molecule has 0 N–H and O–H groups in total. The number of aryl methyl sites for hydroxylation is 2. The van der Waals surface area contributed by atoms with Crippen molar-refractivity contribution < 1.29 is 4.79 Å². The lowest BCUT2D eigenvalue weighted by Crippen LogP contribution is -2.05. The summed E-state index contributed by atoms with van der Waals surface area (Å²) in [5, 5.41) is 0. The zero-order valence-corrected chi connectivity index (χ0v) is 10.6. The quantitative estimate of drug-likeness (QED) is 0.455. The van der Waals surface area contributed by atoms with Crippen LogP contribution in [-0.4, -0.2) is 12.3 Å². The van der Waals surface area contributed by atoms with Gasteiger partial charge >= 0.3 is 0 Å². The van der Waals surface area contributed by atoms with Gasteiger partial charge in [0.05, 0.1) is 5.54 Å². The molecular weight excluding hydrogens is 218 g/mol. The van der Waals surface area contributed by atoms with Crippen molar-refractivity contribution in [3.63, 3.8) is 0 Å². The van der Waals surface area contributed by atoms with Crippen LogP contribution in [0.15, 0.2) is 22.0 Å². The molecule has 0 amide bonds. The van der Waals surface area contributed by atoms with Crippen molar-refractivity contribution in [2.45, 2.75) is 37.1 Å². The maximum Gasteiger partial charge on any atom is 0.235 e. The van der Waals surface area contributed by atoms with Crippen LogP contribution in [0.4, 0.5) is 0 Å². The van der Waals surface area contributed by atoms with Gasteiger partial charge < -0.3 is 0 Å². The number of aliphatic imine (C=N–C) groups is 1. The average molecular weight is 233 g/mol. The third-order valence-corrected chi connectivity index (χ3v) is 4.08. The third kappa shape index (κ3) is 1.81. The summed E-state index contributed by atoms with van der Waals surface area (Å²) in [6, 6.07) is 4.37. The lowest BCUT2D eigenvalue weighted by atomic mass is 9.99. The van der Waals surface area contributed by atoms with Gasteiger partial charge in [0.2, 0.25) is 6.08 Å². The van der Waals surface area contributed by atoms with E-state index in [0.29, 0.717) is 0 Å². The number of nitrogens with zero attached hydrogens (tertiary/aromatic N) is 1. The molecule has 0 spiro atoms. The summed E-state index contributed by atoms with van der Waals surface area (Å²) in [4.78, 5) is 15.7. The fourth-order valence-corrected chi connectivity index (χ4v) is 2.73. The fraction of sp³-hybridized carbons (Fsp3) is 0.462. The minimum Gasteiger partial charge on any atom is -0.211 e. The van der Waals surface area contributed by atoms with Crippen LogP contribution in [0.25, 0.3) is 0 Å². The first-order valence-corrected chi connectivity index (χ1v) is 6.60. The van der Waals surface area contributed by atoms with Gasteiger partial charge in [-0.15, -0.1) is 11.8 Å². The third-order valence-electron chi connectivity index (χ3n) is 3.30. The van der Waals surface area contributed by atoms with Crippen molar-refractivity contribution in [3.05, 3.63) is 28.8 Å². The molecule has 0 bridgehead atoms. The van der Waals surface area contributed by atoms with E-state index in [0.717, 1.165) is 12.8 Å². The highest BCUT2D eigenvalue weighted by Gasteiger charge is 2.46. The van der Waals surface area contributed by atoms with Gasteiger partial charge in [-0.05, 0) is 55.7 Å². The summed E-state index contributed by atoms with van der Waals surface area (Å²) in [7, 11) is 0. The van der Waals surface area contributed by atoms with Crippen molar-refractivity contribution in [1.29, 1.82) is 0 Å². The Bertz CT molecular complexity index is 471. The second-order valence-corrected chi connectivity index (χ2v) is 5.22. The number of hydrogen-bond donors (Lipinski definition) is 0. The smallest absolute Gasteiger partial charge is 0.211 e. The molecular formula is C13H15NOS. The number of benzene rings is 1. The largest absolute Gasteiger partial charge is 0.235 e. The number of thioether (sulfide) groups is 1. The molecule has 1 saturated carbocycles. The predicted octanol–water partition coefficient (Wildman–Crippen LogP) is 3.35. The molecule has 1 aromatic rings. The molecule has 2 rings (SSSR count). The predicted molar refractivity (Wildman–Crippen MR) is 66.7 cm³/mol. The topological polar surface area (TPSA) is 29.4 Å². The van der Waals surface area contributed by atoms with Gasteiger partial charge in [0, 0.05) is 4.90 Å². The Kier molecular flexibility index (Phi) is 2.92. The molecule has 0 radical (unpaired) electrons. The van der Waals surface area contributed by atoms with Gasteiger partial charge in [0.1, 0.15) is 0 Å². The van der Waals surface area contributed by atoms with Gasteiger partial charge in [0.25, 0.3) is 0 Å². The van der Waals surface area contributed by atoms with Gasteiger partial charge in [-0.1, -0.05) is 6.07 Å². The van der Waals surface area contributed by atoms with Crippen molar-refractivity contribution in [3.8, 4) is 0 Å². The Morgan fingerprint density at radius 1 is 1.31 bits per heavy atom. The second-order valence-electron chi connectivity index (χ2n) is 4.37.